The number of urea groups is 1. The summed E-state index contributed by atoms with van der Waals surface area (Å²) in [4.78, 5) is 21.5. The molecule has 3 fully saturated rings. The van der Waals surface area contributed by atoms with E-state index in [1.165, 1.54) is 25.9 Å². The van der Waals surface area contributed by atoms with Crippen LogP contribution in [-0.2, 0) is 13.6 Å². The van der Waals surface area contributed by atoms with Gasteiger partial charge in [-0.05, 0) is 45.8 Å². The molecule has 4 rings (SSSR count). The second kappa shape index (κ2) is 8.14. The Kier molecular flexibility index (Phi) is 5.63. The predicted molar refractivity (Wildman–Crippen MR) is 104 cm³/mol. The SMILES string of the molecule is CN1CCN(C(=O)N2CCC(c3nnc(CN4CCCC4)n3C)CC2)CC1. The van der Waals surface area contributed by atoms with Gasteiger partial charge in [-0.15, -0.1) is 10.2 Å². The highest BCUT2D eigenvalue weighted by Crippen LogP contribution is 2.28. The van der Waals surface area contributed by atoms with Crippen LogP contribution < -0.4 is 0 Å². The molecule has 0 aliphatic carbocycles. The Morgan fingerprint density at radius 1 is 0.889 bits per heavy atom. The molecular weight excluding hydrogens is 342 g/mol. The van der Waals surface area contributed by atoms with E-state index in [-0.39, 0.29) is 6.03 Å². The second-order valence-corrected chi connectivity index (χ2v) is 8.35. The number of rotatable bonds is 3. The van der Waals surface area contributed by atoms with Crippen molar-refractivity contribution in [3.8, 4) is 0 Å². The fourth-order valence-electron chi connectivity index (χ4n) is 4.54. The summed E-state index contributed by atoms with van der Waals surface area (Å²) in [5.74, 6) is 2.57. The molecule has 0 atom stereocenters. The average molecular weight is 376 g/mol. The van der Waals surface area contributed by atoms with Crippen LogP contribution in [0.2, 0.25) is 0 Å². The molecule has 1 aromatic rings. The summed E-state index contributed by atoms with van der Waals surface area (Å²) in [5, 5.41) is 8.98. The molecule has 0 radical (unpaired) electrons. The van der Waals surface area contributed by atoms with Gasteiger partial charge in [0.15, 0.2) is 0 Å². The van der Waals surface area contributed by atoms with Crippen LogP contribution in [0.3, 0.4) is 0 Å². The van der Waals surface area contributed by atoms with E-state index in [0.717, 1.165) is 70.3 Å². The molecule has 0 spiro atoms. The zero-order valence-corrected chi connectivity index (χ0v) is 16.8. The minimum atomic E-state index is 0.217. The molecule has 27 heavy (non-hydrogen) atoms. The Morgan fingerprint density at radius 3 is 2.19 bits per heavy atom. The molecule has 3 aliphatic rings. The maximum atomic E-state index is 12.8. The van der Waals surface area contributed by atoms with Gasteiger partial charge in [-0.1, -0.05) is 0 Å². The number of piperidine rings is 1. The van der Waals surface area contributed by atoms with E-state index in [1.54, 1.807) is 0 Å². The standard InChI is InChI=1S/C19H33N7O/c1-22-11-13-26(14-12-22)19(27)25-9-5-16(6-10-25)18-21-20-17(23(18)2)15-24-7-3-4-8-24/h16H,3-15H2,1-2H3. The van der Waals surface area contributed by atoms with Crippen LogP contribution in [0.25, 0.3) is 0 Å². The summed E-state index contributed by atoms with van der Waals surface area (Å²) in [5.41, 5.74) is 0. The molecule has 8 nitrogen and oxygen atoms in total. The summed E-state index contributed by atoms with van der Waals surface area (Å²) in [7, 11) is 4.22. The van der Waals surface area contributed by atoms with Gasteiger partial charge >= 0.3 is 6.03 Å². The van der Waals surface area contributed by atoms with Crippen LogP contribution in [0.4, 0.5) is 4.79 Å². The van der Waals surface area contributed by atoms with E-state index in [9.17, 15) is 4.79 Å². The molecule has 150 valence electrons. The van der Waals surface area contributed by atoms with Crippen molar-refractivity contribution < 1.29 is 4.79 Å². The summed E-state index contributed by atoms with van der Waals surface area (Å²) in [6.45, 7) is 8.54. The molecule has 0 saturated carbocycles. The molecule has 0 bridgehead atoms. The monoisotopic (exact) mass is 375 g/mol. The van der Waals surface area contributed by atoms with Crippen molar-refractivity contribution in [3.05, 3.63) is 11.6 Å². The fourth-order valence-corrected chi connectivity index (χ4v) is 4.54. The number of piperazine rings is 1. The summed E-state index contributed by atoms with van der Waals surface area (Å²) < 4.78 is 2.20. The Labute approximate surface area is 162 Å². The predicted octanol–water partition coefficient (Wildman–Crippen LogP) is 0.958. The van der Waals surface area contributed by atoms with Crippen molar-refractivity contribution in [2.45, 2.75) is 38.1 Å². The number of hydrogen-bond acceptors (Lipinski definition) is 5. The third kappa shape index (κ3) is 4.11. The molecule has 2 amide bonds. The number of likely N-dealkylation sites (tertiary alicyclic amines) is 2. The number of likely N-dealkylation sites (N-methyl/N-ethyl adjacent to an activating group) is 1. The van der Waals surface area contributed by atoms with Crippen molar-refractivity contribution in [3.63, 3.8) is 0 Å². The molecule has 3 saturated heterocycles. The van der Waals surface area contributed by atoms with Gasteiger partial charge in [-0.2, -0.15) is 0 Å². The van der Waals surface area contributed by atoms with Gasteiger partial charge in [0, 0.05) is 52.2 Å². The maximum absolute atomic E-state index is 12.8. The van der Waals surface area contributed by atoms with Crippen molar-refractivity contribution >= 4 is 6.03 Å². The molecular formula is C19H33N7O. The zero-order chi connectivity index (χ0) is 18.8. The third-order valence-corrected chi connectivity index (χ3v) is 6.47. The van der Waals surface area contributed by atoms with Crippen molar-refractivity contribution in [1.29, 1.82) is 0 Å². The van der Waals surface area contributed by atoms with Crippen LogP contribution in [0.1, 0.15) is 43.3 Å². The molecule has 3 aliphatic heterocycles. The van der Waals surface area contributed by atoms with Gasteiger partial charge in [0.05, 0.1) is 6.54 Å². The molecule has 4 heterocycles. The highest BCUT2D eigenvalue weighted by atomic mass is 16.2. The average Bonchev–Trinajstić information content (AvgIpc) is 3.33. The fraction of sp³-hybridized carbons (Fsp3) is 0.842. The van der Waals surface area contributed by atoms with Gasteiger partial charge in [-0.25, -0.2) is 4.79 Å². The Bertz CT molecular complexity index is 638. The van der Waals surface area contributed by atoms with E-state index in [0.29, 0.717) is 5.92 Å². The van der Waals surface area contributed by atoms with Crippen molar-refractivity contribution in [1.82, 2.24) is 34.4 Å². The van der Waals surface area contributed by atoms with E-state index < -0.39 is 0 Å². The highest BCUT2D eigenvalue weighted by Gasteiger charge is 2.30. The van der Waals surface area contributed by atoms with Crippen LogP contribution in [0, 0.1) is 0 Å². The summed E-state index contributed by atoms with van der Waals surface area (Å²) in [6.07, 6.45) is 4.55. The lowest BCUT2D eigenvalue weighted by molar-refractivity contribution is 0.113. The summed E-state index contributed by atoms with van der Waals surface area (Å²) >= 11 is 0. The molecule has 0 unspecified atom stereocenters. The number of aromatic nitrogens is 3. The van der Waals surface area contributed by atoms with Gasteiger partial charge in [0.25, 0.3) is 0 Å². The minimum Gasteiger partial charge on any atom is -0.325 e. The van der Waals surface area contributed by atoms with E-state index in [1.807, 2.05) is 9.80 Å². The second-order valence-electron chi connectivity index (χ2n) is 8.35. The first kappa shape index (κ1) is 18.7. The van der Waals surface area contributed by atoms with E-state index in [2.05, 4.69) is 38.7 Å². The lowest BCUT2D eigenvalue weighted by Gasteiger charge is -2.38. The Balaban J connectivity index is 1.31. The molecule has 0 aromatic carbocycles. The van der Waals surface area contributed by atoms with Crippen LogP contribution in [-0.4, -0.2) is 99.8 Å². The first-order valence-corrected chi connectivity index (χ1v) is 10.4. The highest BCUT2D eigenvalue weighted by molar-refractivity contribution is 5.74. The first-order valence-electron chi connectivity index (χ1n) is 10.4. The number of amides is 2. The van der Waals surface area contributed by atoms with E-state index in [4.69, 9.17) is 0 Å². The van der Waals surface area contributed by atoms with Gasteiger partial charge in [0.1, 0.15) is 11.6 Å². The summed E-state index contributed by atoms with van der Waals surface area (Å²) in [6, 6.07) is 0.217. The zero-order valence-electron chi connectivity index (χ0n) is 16.8. The number of carbonyl (C=O) groups is 1. The van der Waals surface area contributed by atoms with Gasteiger partial charge < -0.3 is 19.3 Å². The quantitative estimate of drug-likeness (QED) is 0.788. The maximum Gasteiger partial charge on any atom is 0.320 e. The molecule has 0 N–H and O–H groups in total. The van der Waals surface area contributed by atoms with Crippen molar-refractivity contribution in [2.75, 3.05) is 59.4 Å². The smallest absolute Gasteiger partial charge is 0.320 e. The normalized spacial score (nSPS) is 23.3. The Morgan fingerprint density at radius 2 is 1.52 bits per heavy atom. The van der Waals surface area contributed by atoms with Crippen LogP contribution in [0.15, 0.2) is 0 Å². The number of carbonyl (C=O) groups excluding carboxylic acids is 1. The third-order valence-electron chi connectivity index (χ3n) is 6.47. The van der Waals surface area contributed by atoms with Crippen LogP contribution in [0.5, 0.6) is 0 Å². The number of nitrogens with zero attached hydrogens (tertiary/aromatic N) is 7. The topological polar surface area (TPSA) is 60.7 Å². The lowest BCUT2D eigenvalue weighted by atomic mass is 9.96. The van der Waals surface area contributed by atoms with Crippen molar-refractivity contribution in [2.24, 2.45) is 7.05 Å². The lowest BCUT2D eigenvalue weighted by Crippen LogP contribution is -2.53. The number of hydrogen-bond donors (Lipinski definition) is 0. The van der Waals surface area contributed by atoms with Crippen LogP contribution >= 0.6 is 0 Å². The first-order chi connectivity index (χ1) is 13.1. The van der Waals surface area contributed by atoms with Gasteiger partial charge in [0.2, 0.25) is 0 Å². The Hall–Kier alpha value is -1.67. The largest absolute Gasteiger partial charge is 0.325 e. The minimum absolute atomic E-state index is 0.217. The molecule has 8 heteroatoms. The van der Waals surface area contributed by atoms with Gasteiger partial charge in [-0.3, -0.25) is 4.90 Å². The van der Waals surface area contributed by atoms with E-state index >= 15 is 0 Å². The molecule has 1 aromatic heterocycles.